The van der Waals surface area contributed by atoms with Crippen LogP contribution in [-0.4, -0.2) is 32.2 Å². The van der Waals surface area contributed by atoms with Gasteiger partial charge in [0.05, 0.1) is 14.2 Å². The van der Waals surface area contributed by atoms with E-state index in [1.54, 1.807) is 45.4 Å². The van der Waals surface area contributed by atoms with Crippen molar-refractivity contribution >= 4 is 23.6 Å². The highest BCUT2D eigenvalue weighted by atomic mass is 16.5. The van der Waals surface area contributed by atoms with Crippen LogP contribution in [0.4, 0.5) is 5.69 Å². The van der Waals surface area contributed by atoms with E-state index in [0.717, 1.165) is 17.7 Å². The first-order valence-corrected chi connectivity index (χ1v) is 9.89. The van der Waals surface area contributed by atoms with Crippen LogP contribution in [0.15, 0.2) is 48.5 Å². The molecule has 6 heteroatoms. The summed E-state index contributed by atoms with van der Waals surface area (Å²) in [6.07, 6.45) is 2.87. The quantitative estimate of drug-likeness (QED) is 0.474. The Balaban J connectivity index is 2.01. The lowest BCUT2D eigenvalue weighted by atomic mass is 9.97. The highest BCUT2D eigenvalue weighted by Crippen LogP contribution is 2.27. The van der Waals surface area contributed by atoms with Crippen molar-refractivity contribution in [2.45, 2.75) is 39.2 Å². The van der Waals surface area contributed by atoms with Crippen LogP contribution in [0, 0.1) is 0 Å². The molecule has 0 aromatic heterocycles. The molecule has 0 fully saturated rings. The second-order valence-electron chi connectivity index (χ2n) is 6.94. The van der Waals surface area contributed by atoms with E-state index in [2.05, 4.69) is 19.2 Å². The van der Waals surface area contributed by atoms with Crippen molar-refractivity contribution in [3.05, 3.63) is 59.7 Å². The van der Waals surface area contributed by atoms with Gasteiger partial charge in [-0.3, -0.25) is 4.79 Å². The van der Waals surface area contributed by atoms with Crippen molar-refractivity contribution < 1.29 is 23.8 Å². The third-order valence-corrected chi connectivity index (χ3v) is 4.81. The maximum Gasteiger partial charge on any atom is 0.331 e. The predicted octanol–water partition coefficient (Wildman–Crippen LogP) is 4.80. The molecule has 0 aliphatic heterocycles. The molecule has 0 bridgehead atoms. The number of carbonyl (C=O) groups excluding carboxylic acids is 2. The van der Waals surface area contributed by atoms with E-state index in [9.17, 15) is 9.59 Å². The van der Waals surface area contributed by atoms with E-state index in [0.29, 0.717) is 23.0 Å². The SMILES string of the molecule is CC[C@@H](C)c1ccccc1NC(=O)[C@H](C)OC(=O)/C=C/c1cc(OC)cc(OC)c1. The molecule has 0 heterocycles. The molecule has 0 radical (unpaired) electrons. The summed E-state index contributed by atoms with van der Waals surface area (Å²) in [7, 11) is 3.10. The van der Waals surface area contributed by atoms with E-state index in [-0.39, 0.29) is 5.91 Å². The minimum atomic E-state index is -0.938. The third kappa shape index (κ3) is 6.37. The highest BCUT2D eigenvalue weighted by Gasteiger charge is 2.19. The van der Waals surface area contributed by atoms with E-state index < -0.39 is 12.1 Å². The summed E-state index contributed by atoms with van der Waals surface area (Å²) in [6, 6.07) is 12.9. The van der Waals surface area contributed by atoms with Gasteiger partial charge < -0.3 is 19.5 Å². The number of benzene rings is 2. The smallest absolute Gasteiger partial charge is 0.331 e. The summed E-state index contributed by atoms with van der Waals surface area (Å²) in [5.41, 5.74) is 2.50. The molecule has 30 heavy (non-hydrogen) atoms. The monoisotopic (exact) mass is 411 g/mol. The van der Waals surface area contributed by atoms with Crippen LogP contribution in [0.5, 0.6) is 11.5 Å². The molecule has 2 aromatic carbocycles. The fourth-order valence-corrected chi connectivity index (χ4v) is 2.85. The topological polar surface area (TPSA) is 73.9 Å². The van der Waals surface area contributed by atoms with Gasteiger partial charge >= 0.3 is 5.97 Å². The van der Waals surface area contributed by atoms with Crippen LogP contribution in [-0.2, 0) is 14.3 Å². The lowest BCUT2D eigenvalue weighted by molar-refractivity contribution is -0.148. The Bertz CT molecular complexity index is 884. The molecule has 0 spiro atoms. The van der Waals surface area contributed by atoms with Gasteiger partial charge in [0.25, 0.3) is 5.91 Å². The number of rotatable bonds is 9. The van der Waals surface area contributed by atoms with Gasteiger partial charge in [0.15, 0.2) is 6.10 Å². The van der Waals surface area contributed by atoms with Gasteiger partial charge in [-0.05, 0) is 54.7 Å². The minimum Gasteiger partial charge on any atom is -0.497 e. The van der Waals surface area contributed by atoms with Crippen molar-refractivity contribution in [2.24, 2.45) is 0 Å². The van der Waals surface area contributed by atoms with Crippen molar-refractivity contribution in [1.82, 2.24) is 0 Å². The molecule has 2 rings (SSSR count). The summed E-state index contributed by atoms with van der Waals surface area (Å²) in [4.78, 5) is 24.7. The molecule has 0 saturated carbocycles. The Kier molecular flexibility index (Phi) is 8.47. The van der Waals surface area contributed by atoms with Gasteiger partial charge in [0, 0.05) is 17.8 Å². The molecule has 0 aliphatic rings. The van der Waals surface area contributed by atoms with E-state index in [4.69, 9.17) is 14.2 Å². The molecule has 6 nitrogen and oxygen atoms in total. The number of hydrogen-bond acceptors (Lipinski definition) is 5. The Hall–Kier alpha value is -3.28. The number of amides is 1. The number of methoxy groups -OCH3 is 2. The van der Waals surface area contributed by atoms with Crippen LogP contribution in [0.1, 0.15) is 44.2 Å². The molecule has 0 saturated heterocycles. The van der Waals surface area contributed by atoms with Crippen molar-refractivity contribution in [3.63, 3.8) is 0 Å². The Morgan fingerprint density at radius 2 is 1.67 bits per heavy atom. The second kappa shape index (κ2) is 11.0. The first-order chi connectivity index (χ1) is 14.4. The summed E-state index contributed by atoms with van der Waals surface area (Å²) >= 11 is 0. The van der Waals surface area contributed by atoms with Crippen molar-refractivity contribution in [3.8, 4) is 11.5 Å². The van der Waals surface area contributed by atoms with Gasteiger partial charge in [-0.15, -0.1) is 0 Å². The van der Waals surface area contributed by atoms with Gasteiger partial charge in [-0.25, -0.2) is 4.79 Å². The van der Waals surface area contributed by atoms with Gasteiger partial charge in [0.1, 0.15) is 11.5 Å². The number of anilines is 1. The van der Waals surface area contributed by atoms with Gasteiger partial charge in [-0.1, -0.05) is 32.0 Å². The molecule has 160 valence electrons. The van der Waals surface area contributed by atoms with E-state index in [1.165, 1.54) is 6.08 Å². The largest absolute Gasteiger partial charge is 0.497 e. The summed E-state index contributed by atoms with van der Waals surface area (Å²) in [5, 5.41) is 2.86. The van der Waals surface area contributed by atoms with Crippen LogP contribution < -0.4 is 14.8 Å². The number of carbonyl (C=O) groups is 2. The number of esters is 1. The fourth-order valence-electron chi connectivity index (χ4n) is 2.85. The number of para-hydroxylation sites is 1. The van der Waals surface area contributed by atoms with Crippen molar-refractivity contribution in [1.29, 1.82) is 0 Å². The first kappa shape index (κ1) is 23.0. The lowest BCUT2D eigenvalue weighted by Gasteiger charge is -2.17. The number of hydrogen-bond donors (Lipinski definition) is 1. The van der Waals surface area contributed by atoms with Crippen LogP contribution >= 0.6 is 0 Å². The third-order valence-electron chi connectivity index (χ3n) is 4.81. The fraction of sp³-hybridized carbons (Fsp3) is 0.333. The molecule has 1 N–H and O–H groups in total. The van der Waals surface area contributed by atoms with Crippen LogP contribution in [0.2, 0.25) is 0 Å². The molecule has 0 unspecified atom stereocenters. The molecule has 0 aliphatic carbocycles. The second-order valence-corrected chi connectivity index (χ2v) is 6.94. The molecule has 1 amide bonds. The lowest BCUT2D eigenvalue weighted by Crippen LogP contribution is -2.29. The zero-order chi connectivity index (χ0) is 22.1. The summed E-state index contributed by atoms with van der Waals surface area (Å²) in [5.74, 6) is 0.525. The molecule has 2 atom stereocenters. The standard InChI is InChI=1S/C24H29NO5/c1-6-16(2)21-9-7-8-10-22(21)25-24(27)17(3)30-23(26)12-11-18-13-19(28-4)15-20(14-18)29-5/h7-17H,6H2,1-5H3,(H,25,27)/b12-11+/t16-,17+/m1/s1. The number of ether oxygens (including phenoxy) is 3. The predicted molar refractivity (Wildman–Crippen MR) is 118 cm³/mol. The normalized spacial score (nSPS) is 12.8. The van der Waals surface area contributed by atoms with Gasteiger partial charge in [-0.2, -0.15) is 0 Å². The van der Waals surface area contributed by atoms with E-state index in [1.807, 2.05) is 24.3 Å². The van der Waals surface area contributed by atoms with E-state index >= 15 is 0 Å². The molecular weight excluding hydrogens is 382 g/mol. The number of nitrogens with one attached hydrogen (secondary N) is 1. The highest BCUT2D eigenvalue weighted by molar-refractivity contribution is 5.97. The average Bonchev–Trinajstić information content (AvgIpc) is 2.77. The zero-order valence-electron chi connectivity index (χ0n) is 18.1. The minimum absolute atomic E-state index is 0.308. The summed E-state index contributed by atoms with van der Waals surface area (Å²) in [6.45, 7) is 5.74. The summed E-state index contributed by atoms with van der Waals surface area (Å²) < 4.78 is 15.7. The molecular formula is C24H29NO5. The maximum absolute atomic E-state index is 12.5. The van der Waals surface area contributed by atoms with Crippen LogP contribution in [0.3, 0.4) is 0 Å². The Morgan fingerprint density at radius 1 is 1.03 bits per heavy atom. The Labute approximate surface area is 177 Å². The Morgan fingerprint density at radius 3 is 2.27 bits per heavy atom. The first-order valence-electron chi connectivity index (χ1n) is 9.89. The zero-order valence-corrected chi connectivity index (χ0v) is 18.1. The molecule has 2 aromatic rings. The maximum atomic E-state index is 12.5. The average molecular weight is 411 g/mol. The van der Waals surface area contributed by atoms with Crippen molar-refractivity contribution in [2.75, 3.05) is 19.5 Å². The van der Waals surface area contributed by atoms with Gasteiger partial charge in [0.2, 0.25) is 0 Å². The van der Waals surface area contributed by atoms with Crippen LogP contribution in [0.25, 0.3) is 6.08 Å².